The third-order valence-corrected chi connectivity index (χ3v) is 2.25. The van der Waals surface area contributed by atoms with Gasteiger partial charge in [-0.15, -0.1) is 0 Å². The molecule has 1 rings (SSSR count). The Kier molecular flexibility index (Phi) is 4.31. The molecule has 0 saturated carbocycles. The first-order chi connectivity index (χ1) is 7.50. The third-order valence-electron chi connectivity index (χ3n) is 2.02. The summed E-state index contributed by atoms with van der Waals surface area (Å²) in [6, 6.07) is 4.83. The van der Waals surface area contributed by atoms with Crippen molar-refractivity contribution in [1.29, 1.82) is 0 Å². The van der Waals surface area contributed by atoms with Crippen LogP contribution in [0.15, 0.2) is 23.2 Å². The molecule has 5 heteroatoms. The minimum atomic E-state index is -0.0787. The molecular weight excluding hydrogens is 226 g/mol. The number of hydrogen-bond acceptors (Lipinski definition) is 3. The van der Waals surface area contributed by atoms with E-state index in [1.807, 2.05) is 0 Å². The maximum absolute atomic E-state index is 11.8. The second-order valence-electron chi connectivity index (χ2n) is 3.43. The van der Waals surface area contributed by atoms with Crippen LogP contribution in [0.25, 0.3) is 0 Å². The number of halogens is 1. The fourth-order valence-corrected chi connectivity index (χ4v) is 1.41. The van der Waals surface area contributed by atoms with Crippen molar-refractivity contribution in [3.8, 4) is 0 Å². The van der Waals surface area contributed by atoms with Gasteiger partial charge in [-0.3, -0.25) is 9.79 Å². The predicted octanol–water partition coefficient (Wildman–Crippen LogP) is 1.87. The zero-order valence-electron chi connectivity index (χ0n) is 9.03. The zero-order valence-corrected chi connectivity index (χ0v) is 9.79. The monoisotopic (exact) mass is 239 g/mol. The number of rotatable bonds is 4. The van der Waals surface area contributed by atoms with Gasteiger partial charge in [-0.25, -0.2) is 0 Å². The van der Waals surface area contributed by atoms with E-state index >= 15 is 0 Å². The Balaban J connectivity index is 2.73. The lowest BCUT2D eigenvalue weighted by Gasteiger charge is -2.04. The number of amidine groups is 1. The van der Waals surface area contributed by atoms with Gasteiger partial charge in [-0.1, -0.05) is 11.6 Å². The smallest absolute Gasteiger partial charge is 0.166 e. The van der Waals surface area contributed by atoms with Crippen LogP contribution < -0.4 is 11.5 Å². The number of ketones is 1. The first-order valence-electron chi connectivity index (χ1n) is 4.85. The van der Waals surface area contributed by atoms with Gasteiger partial charge in [0.2, 0.25) is 0 Å². The Labute approximate surface area is 99.3 Å². The fourth-order valence-electron chi connectivity index (χ4n) is 1.24. The number of nitrogens with two attached hydrogens (primary N) is 2. The highest BCUT2D eigenvalue weighted by molar-refractivity contribution is 6.31. The lowest BCUT2D eigenvalue weighted by atomic mass is 10.1. The van der Waals surface area contributed by atoms with E-state index in [-0.39, 0.29) is 12.2 Å². The number of nitrogen functional groups attached to an aromatic ring is 1. The van der Waals surface area contributed by atoms with Crippen LogP contribution in [0.3, 0.4) is 0 Å². The van der Waals surface area contributed by atoms with Crippen molar-refractivity contribution in [2.75, 3.05) is 12.3 Å². The van der Waals surface area contributed by atoms with Crippen LogP contribution in [0.1, 0.15) is 23.7 Å². The number of benzene rings is 1. The topological polar surface area (TPSA) is 81.5 Å². The molecule has 0 fully saturated rings. The molecule has 1 aromatic carbocycles. The molecule has 0 heterocycles. The average Bonchev–Trinajstić information content (AvgIpc) is 2.21. The largest absolute Gasteiger partial charge is 0.398 e. The standard InChI is InChI=1S/C11H14ClN3O/c1-7(13)15-5-4-11(16)9-6-8(12)2-3-10(9)14/h2-3,6H,4-5,14H2,1H3,(H2,13,15). The fraction of sp³-hybridized carbons (Fsp3) is 0.273. The molecule has 0 atom stereocenters. The van der Waals surface area contributed by atoms with E-state index < -0.39 is 0 Å². The van der Waals surface area contributed by atoms with E-state index in [2.05, 4.69) is 4.99 Å². The van der Waals surface area contributed by atoms with E-state index in [0.717, 1.165) is 0 Å². The van der Waals surface area contributed by atoms with E-state index in [0.29, 0.717) is 28.7 Å². The summed E-state index contributed by atoms with van der Waals surface area (Å²) in [5, 5.41) is 0.496. The van der Waals surface area contributed by atoms with Gasteiger partial charge in [-0.05, 0) is 25.1 Å². The maximum Gasteiger partial charge on any atom is 0.166 e. The Bertz CT molecular complexity index is 425. The number of anilines is 1. The summed E-state index contributed by atoms with van der Waals surface area (Å²) < 4.78 is 0. The minimum absolute atomic E-state index is 0.0787. The van der Waals surface area contributed by atoms with Crippen LogP contribution in [0, 0.1) is 0 Å². The van der Waals surface area contributed by atoms with Gasteiger partial charge in [0, 0.05) is 29.2 Å². The average molecular weight is 240 g/mol. The Morgan fingerprint density at radius 1 is 1.50 bits per heavy atom. The molecule has 0 unspecified atom stereocenters. The van der Waals surface area contributed by atoms with Gasteiger partial charge in [0.1, 0.15) is 0 Å². The molecule has 0 aliphatic rings. The zero-order chi connectivity index (χ0) is 12.1. The van der Waals surface area contributed by atoms with Crippen LogP contribution in [0.2, 0.25) is 5.02 Å². The number of hydrogen-bond donors (Lipinski definition) is 2. The predicted molar refractivity (Wildman–Crippen MR) is 67.0 cm³/mol. The molecule has 0 bridgehead atoms. The normalized spacial score (nSPS) is 11.5. The van der Waals surface area contributed by atoms with E-state index in [1.165, 1.54) is 0 Å². The van der Waals surface area contributed by atoms with Gasteiger partial charge in [0.05, 0.1) is 5.84 Å². The third kappa shape index (κ3) is 3.55. The van der Waals surface area contributed by atoms with Crippen LogP contribution in [0.5, 0.6) is 0 Å². The number of nitrogens with zero attached hydrogens (tertiary/aromatic N) is 1. The number of Topliss-reactive ketones (excluding diaryl/α,β-unsaturated/α-hetero) is 1. The summed E-state index contributed by atoms with van der Waals surface area (Å²) in [5.74, 6) is 0.386. The molecule has 0 aromatic heterocycles. The van der Waals surface area contributed by atoms with Crippen molar-refractivity contribution in [2.24, 2.45) is 10.7 Å². The first kappa shape index (κ1) is 12.5. The molecule has 0 saturated heterocycles. The van der Waals surface area contributed by atoms with Gasteiger partial charge in [0.25, 0.3) is 0 Å². The van der Waals surface area contributed by atoms with Gasteiger partial charge in [-0.2, -0.15) is 0 Å². The quantitative estimate of drug-likeness (QED) is 0.364. The lowest BCUT2D eigenvalue weighted by molar-refractivity contribution is 0.0986. The van der Waals surface area contributed by atoms with Crippen molar-refractivity contribution in [2.45, 2.75) is 13.3 Å². The highest BCUT2D eigenvalue weighted by Crippen LogP contribution is 2.19. The molecule has 0 aliphatic carbocycles. The molecule has 86 valence electrons. The van der Waals surface area contributed by atoms with Crippen molar-refractivity contribution in [3.63, 3.8) is 0 Å². The number of carbonyl (C=O) groups excluding carboxylic acids is 1. The van der Waals surface area contributed by atoms with Crippen molar-refractivity contribution in [1.82, 2.24) is 0 Å². The van der Waals surface area contributed by atoms with E-state index in [4.69, 9.17) is 23.1 Å². The molecule has 16 heavy (non-hydrogen) atoms. The van der Waals surface area contributed by atoms with Crippen molar-refractivity contribution >= 4 is 28.9 Å². The summed E-state index contributed by atoms with van der Waals surface area (Å²) in [7, 11) is 0. The van der Waals surface area contributed by atoms with Crippen LogP contribution in [0.4, 0.5) is 5.69 Å². The minimum Gasteiger partial charge on any atom is -0.398 e. The molecule has 4 nitrogen and oxygen atoms in total. The summed E-state index contributed by atoms with van der Waals surface area (Å²) in [4.78, 5) is 15.7. The molecule has 1 aromatic rings. The Hall–Kier alpha value is -1.55. The van der Waals surface area contributed by atoms with Crippen LogP contribution in [-0.4, -0.2) is 18.2 Å². The summed E-state index contributed by atoms with van der Waals surface area (Å²) in [6.07, 6.45) is 0.277. The Morgan fingerprint density at radius 2 is 2.19 bits per heavy atom. The second kappa shape index (κ2) is 5.51. The molecule has 0 radical (unpaired) electrons. The van der Waals surface area contributed by atoms with Crippen LogP contribution in [-0.2, 0) is 0 Å². The highest BCUT2D eigenvalue weighted by atomic mass is 35.5. The highest BCUT2D eigenvalue weighted by Gasteiger charge is 2.09. The van der Waals surface area contributed by atoms with E-state index in [1.54, 1.807) is 25.1 Å². The lowest BCUT2D eigenvalue weighted by Crippen LogP contribution is -2.09. The molecule has 0 amide bonds. The SMILES string of the molecule is CC(N)=NCCC(=O)c1cc(Cl)ccc1N. The van der Waals surface area contributed by atoms with E-state index in [9.17, 15) is 4.79 Å². The molecule has 4 N–H and O–H groups in total. The van der Waals surface area contributed by atoms with Gasteiger partial charge >= 0.3 is 0 Å². The number of aliphatic imine (C=N–C) groups is 1. The summed E-state index contributed by atoms with van der Waals surface area (Å²) in [6.45, 7) is 2.05. The second-order valence-corrected chi connectivity index (χ2v) is 3.86. The van der Waals surface area contributed by atoms with Crippen LogP contribution >= 0.6 is 11.6 Å². The first-order valence-corrected chi connectivity index (χ1v) is 5.23. The van der Waals surface area contributed by atoms with Crippen molar-refractivity contribution in [3.05, 3.63) is 28.8 Å². The van der Waals surface area contributed by atoms with Crippen molar-refractivity contribution < 1.29 is 4.79 Å². The molecule has 0 aliphatic heterocycles. The number of carbonyl (C=O) groups is 1. The Morgan fingerprint density at radius 3 is 2.81 bits per heavy atom. The van der Waals surface area contributed by atoms with Gasteiger partial charge in [0.15, 0.2) is 5.78 Å². The summed E-state index contributed by atoms with van der Waals surface area (Å²) >= 11 is 5.79. The summed E-state index contributed by atoms with van der Waals surface area (Å²) in [5.41, 5.74) is 11.9. The maximum atomic E-state index is 11.8. The molecule has 0 spiro atoms. The molecular formula is C11H14ClN3O. The van der Waals surface area contributed by atoms with Gasteiger partial charge < -0.3 is 11.5 Å².